The van der Waals surface area contributed by atoms with E-state index in [-0.39, 0.29) is 17.2 Å². The maximum Gasteiger partial charge on any atom is 0.378 e. The molecule has 0 heterocycles. The van der Waals surface area contributed by atoms with Gasteiger partial charge in [0.2, 0.25) is 10.0 Å². The van der Waals surface area contributed by atoms with Crippen LogP contribution in [0.2, 0.25) is 0 Å². The zero-order valence-electron chi connectivity index (χ0n) is 14.3. The Morgan fingerprint density at radius 1 is 1.15 bits per heavy atom. The fourth-order valence-corrected chi connectivity index (χ4v) is 3.90. The van der Waals surface area contributed by atoms with Crippen LogP contribution in [0.15, 0.2) is 58.3 Å². The molecule has 1 unspecified atom stereocenters. The number of ether oxygens (including phenoxy) is 2. The van der Waals surface area contributed by atoms with E-state index in [4.69, 9.17) is 9.84 Å². The summed E-state index contributed by atoms with van der Waals surface area (Å²) in [6.07, 6.45) is -2.42. The van der Waals surface area contributed by atoms with Crippen LogP contribution in [0.4, 0.5) is 4.39 Å². The molecule has 0 aliphatic rings. The number of carboxylic acids is 1. The van der Waals surface area contributed by atoms with Crippen molar-refractivity contribution in [2.45, 2.75) is 16.1 Å². The molecule has 27 heavy (non-hydrogen) atoms. The number of aliphatic carboxylic acids is 1. The molecule has 2 N–H and O–H groups in total. The molecule has 2 aromatic carbocycles. The highest BCUT2D eigenvalue weighted by molar-refractivity contribution is 7.99. The van der Waals surface area contributed by atoms with E-state index < -0.39 is 22.4 Å². The van der Waals surface area contributed by atoms with E-state index in [9.17, 15) is 17.6 Å². The lowest BCUT2D eigenvalue weighted by atomic mass is 10.3. The van der Waals surface area contributed by atoms with Gasteiger partial charge in [-0.15, -0.1) is 11.8 Å². The fourth-order valence-electron chi connectivity index (χ4n) is 1.97. The van der Waals surface area contributed by atoms with Crippen LogP contribution in [-0.4, -0.2) is 45.3 Å². The van der Waals surface area contributed by atoms with Crippen LogP contribution in [-0.2, 0) is 14.8 Å². The van der Waals surface area contributed by atoms with Gasteiger partial charge in [-0.1, -0.05) is 0 Å². The second-order valence-electron chi connectivity index (χ2n) is 5.17. The topological polar surface area (TPSA) is 102 Å². The molecule has 0 saturated carbocycles. The Morgan fingerprint density at radius 3 is 2.30 bits per heavy atom. The van der Waals surface area contributed by atoms with Crippen molar-refractivity contribution >= 4 is 27.8 Å². The van der Waals surface area contributed by atoms with Crippen molar-refractivity contribution < 1.29 is 32.2 Å². The first-order valence-electron chi connectivity index (χ1n) is 7.72. The van der Waals surface area contributed by atoms with Crippen molar-refractivity contribution in [2.24, 2.45) is 0 Å². The monoisotopic (exact) mass is 415 g/mol. The zero-order chi connectivity index (χ0) is 19.9. The summed E-state index contributed by atoms with van der Waals surface area (Å²) in [5.74, 6) is -0.567. The maximum absolute atomic E-state index is 13.0. The van der Waals surface area contributed by atoms with E-state index in [1.807, 2.05) is 0 Å². The summed E-state index contributed by atoms with van der Waals surface area (Å²) in [6.45, 7) is 0.211. The molecule has 0 radical (unpaired) electrons. The standard InChI is InChI=1S/C17H18FNO6S2/c1-24-12-4-8-15(9-5-12)27(22,23)19-10-11-26-14-6-2-13(3-7-14)25-16(18)17(20)21/h2-9,16,19H,10-11H2,1H3,(H,20,21). The van der Waals surface area contributed by atoms with Crippen molar-refractivity contribution in [1.29, 1.82) is 0 Å². The fraction of sp³-hybridized carbons (Fsp3) is 0.235. The van der Waals surface area contributed by atoms with Gasteiger partial charge < -0.3 is 14.6 Å². The Morgan fingerprint density at radius 2 is 1.74 bits per heavy atom. The van der Waals surface area contributed by atoms with Crippen molar-refractivity contribution in [3.63, 3.8) is 0 Å². The molecule has 1 atom stereocenters. The van der Waals surface area contributed by atoms with Crippen molar-refractivity contribution in [1.82, 2.24) is 4.72 Å². The normalized spacial score (nSPS) is 12.4. The summed E-state index contributed by atoms with van der Waals surface area (Å²) >= 11 is 1.38. The van der Waals surface area contributed by atoms with Gasteiger partial charge in [-0.3, -0.25) is 0 Å². The molecule has 7 nitrogen and oxygen atoms in total. The van der Waals surface area contributed by atoms with Crippen LogP contribution < -0.4 is 14.2 Å². The van der Waals surface area contributed by atoms with Gasteiger partial charge >= 0.3 is 12.3 Å². The third kappa shape index (κ3) is 6.42. The SMILES string of the molecule is COc1ccc(S(=O)(=O)NCCSc2ccc(OC(F)C(=O)O)cc2)cc1. The van der Waals surface area contributed by atoms with E-state index in [0.717, 1.165) is 4.90 Å². The number of nitrogens with one attached hydrogen (secondary N) is 1. The minimum atomic E-state index is -3.60. The van der Waals surface area contributed by atoms with E-state index >= 15 is 0 Å². The highest BCUT2D eigenvalue weighted by Gasteiger charge is 2.17. The van der Waals surface area contributed by atoms with Gasteiger partial charge in [-0.2, -0.15) is 4.39 Å². The van der Waals surface area contributed by atoms with E-state index in [1.54, 1.807) is 24.3 Å². The molecule has 146 valence electrons. The van der Waals surface area contributed by atoms with E-state index in [1.165, 1.54) is 43.1 Å². The second kappa shape index (κ2) is 9.58. The Bertz CT molecular complexity index is 856. The van der Waals surface area contributed by atoms with Crippen molar-refractivity contribution in [3.05, 3.63) is 48.5 Å². The first kappa shape index (κ1) is 21.0. The van der Waals surface area contributed by atoms with Crippen LogP contribution in [0.25, 0.3) is 0 Å². The predicted molar refractivity (Wildman–Crippen MR) is 98.5 cm³/mol. The molecule has 2 aromatic rings. The molecule has 0 fully saturated rings. The minimum Gasteiger partial charge on any atom is -0.497 e. The third-order valence-corrected chi connectivity index (χ3v) is 5.78. The average Bonchev–Trinajstić information content (AvgIpc) is 2.66. The Balaban J connectivity index is 1.81. The van der Waals surface area contributed by atoms with Crippen LogP contribution >= 0.6 is 11.8 Å². The van der Waals surface area contributed by atoms with Crippen LogP contribution in [0.5, 0.6) is 11.5 Å². The number of sulfonamides is 1. The van der Waals surface area contributed by atoms with Gasteiger partial charge in [0.15, 0.2) is 0 Å². The van der Waals surface area contributed by atoms with Gasteiger partial charge in [0, 0.05) is 17.2 Å². The summed E-state index contributed by atoms with van der Waals surface area (Å²) in [5, 5.41) is 8.45. The molecular weight excluding hydrogens is 397 g/mol. The lowest BCUT2D eigenvalue weighted by molar-refractivity contribution is -0.153. The molecule has 0 aromatic heterocycles. The number of alkyl halides is 1. The second-order valence-corrected chi connectivity index (χ2v) is 8.10. The van der Waals surface area contributed by atoms with Crippen LogP contribution in [0.1, 0.15) is 0 Å². The number of thioether (sulfide) groups is 1. The number of methoxy groups -OCH3 is 1. The largest absolute Gasteiger partial charge is 0.497 e. The third-order valence-electron chi connectivity index (χ3n) is 3.29. The minimum absolute atomic E-state index is 0.0921. The molecule has 0 aliphatic heterocycles. The summed E-state index contributed by atoms with van der Waals surface area (Å²) < 4.78 is 49.4. The van der Waals surface area contributed by atoms with Gasteiger partial charge in [-0.25, -0.2) is 17.9 Å². The van der Waals surface area contributed by atoms with Crippen LogP contribution in [0.3, 0.4) is 0 Å². The molecule has 2 rings (SSSR count). The Hall–Kier alpha value is -2.30. The average molecular weight is 415 g/mol. The first-order chi connectivity index (χ1) is 12.8. The van der Waals surface area contributed by atoms with E-state index in [0.29, 0.717) is 11.5 Å². The van der Waals surface area contributed by atoms with Gasteiger partial charge in [0.1, 0.15) is 11.5 Å². The smallest absolute Gasteiger partial charge is 0.378 e. The number of hydrogen-bond acceptors (Lipinski definition) is 6. The number of halogens is 1. The lowest BCUT2D eigenvalue weighted by Crippen LogP contribution is -2.26. The molecule has 10 heteroatoms. The quantitative estimate of drug-likeness (QED) is 0.454. The first-order valence-corrected chi connectivity index (χ1v) is 10.2. The zero-order valence-corrected chi connectivity index (χ0v) is 15.9. The van der Waals surface area contributed by atoms with E-state index in [2.05, 4.69) is 9.46 Å². The lowest BCUT2D eigenvalue weighted by Gasteiger charge is -2.09. The molecule has 0 aliphatic carbocycles. The number of hydrogen-bond donors (Lipinski definition) is 2. The van der Waals surface area contributed by atoms with Gasteiger partial charge in [0.05, 0.1) is 12.0 Å². The highest BCUT2D eigenvalue weighted by atomic mass is 32.2. The number of rotatable bonds is 10. The summed E-state index contributed by atoms with van der Waals surface area (Å²) in [7, 11) is -2.10. The highest BCUT2D eigenvalue weighted by Crippen LogP contribution is 2.22. The van der Waals surface area contributed by atoms with Crippen molar-refractivity contribution in [2.75, 3.05) is 19.4 Å². The molecule has 0 saturated heterocycles. The summed E-state index contributed by atoms with van der Waals surface area (Å²) in [4.78, 5) is 11.3. The summed E-state index contributed by atoms with van der Waals surface area (Å²) in [6, 6.07) is 12.2. The maximum atomic E-state index is 13.0. The Kier molecular flexibility index (Phi) is 7.45. The number of carbonyl (C=O) groups is 1. The van der Waals surface area contributed by atoms with Gasteiger partial charge in [-0.05, 0) is 48.5 Å². The molecule has 0 spiro atoms. The Labute approximate surface area is 160 Å². The van der Waals surface area contributed by atoms with Crippen molar-refractivity contribution in [3.8, 4) is 11.5 Å². The molecule has 0 amide bonds. The molecule has 0 bridgehead atoms. The number of carboxylic acid groups (broad SMARTS) is 1. The summed E-state index contributed by atoms with van der Waals surface area (Å²) in [5.41, 5.74) is 0. The van der Waals surface area contributed by atoms with Crippen LogP contribution in [0, 0.1) is 0 Å². The predicted octanol–water partition coefficient (Wildman–Crippen LogP) is 2.52. The number of benzene rings is 2. The van der Waals surface area contributed by atoms with Gasteiger partial charge in [0.25, 0.3) is 0 Å². The molecular formula is C17H18FNO6S2.